The molecule has 1 aliphatic rings. The molecule has 1 aromatic rings. The van der Waals surface area contributed by atoms with Crippen molar-refractivity contribution >= 4 is 17.4 Å². The van der Waals surface area contributed by atoms with Crippen molar-refractivity contribution in [3.8, 4) is 0 Å². The van der Waals surface area contributed by atoms with Gasteiger partial charge in [0.1, 0.15) is 0 Å². The van der Waals surface area contributed by atoms with Gasteiger partial charge in [0.25, 0.3) is 0 Å². The number of aliphatic hydroxyl groups is 1. The van der Waals surface area contributed by atoms with Crippen LogP contribution in [-0.4, -0.2) is 34.3 Å². The molecule has 5 heteroatoms. The first-order valence-corrected chi connectivity index (χ1v) is 5.04. The van der Waals surface area contributed by atoms with Crippen LogP contribution in [0.15, 0.2) is 12.4 Å². The molecule has 0 saturated carbocycles. The third-order valence-electron chi connectivity index (χ3n) is 2.33. The summed E-state index contributed by atoms with van der Waals surface area (Å²) in [6, 6.07) is 0. The largest absolute Gasteiger partial charge is 0.391 e. The Hall–Kier alpha value is -0.870. The van der Waals surface area contributed by atoms with Crippen molar-refractivity contribution in [2.45, 2.75) is 18.9 Å². The summed E-state index contributed by atoms with van der Waals surface area (Å²) in [5.41, 5.74) is 0. The molecule has 0 unspecified atom stereocenters. The van der Waals surface area contributed by atoms with E-state index < -0.39 is 0 Å². The van der Waals surface area contributed by atoms with Crippen LogP contribution in [-0.2, 0) is 0 Å². The van der Waals surface area contributed by atoms with E-state index >= 15 is 0 Å². The maximum atomic E-state index is 9.50. The van der Waals surface area contributed by atoms with Gasteiger partial charge in [-0.2, -0.15) is 0 Å². The molecule has 0 bridgehead atoms. The van der Waals surface area contributed by atoms with E-state index in [9.17, 15) is 5.11 Å². The van der Waals surface area contributed by atoms with Crippen LogP contribution in [0, 0.1) is 0 Å². The van der Waals surface area contributed by atoms with Gasteiger partial charge in [-0.1, -0.05) is 11.6 Å². The molecule has 0 amide bonds. The molecule has 14 heavy (non-hydrogen) atoms. The summed E-state index contributed by atoms with van der Waals surface area (Å²) in [5.74, 6) is 0.674. The Balaban J connectivity index is 2.18. The number of rotatable bonds is 1. The summed E-state index contributed by atoms with van der Waals surface area (Å²) >= 11 is 5.91. The monoisotopic (exact) mass is 213 g/mol. The Morgan fingerprint density at radius 2 is 2.21 bits per heavy atom. The molecular formula is C9H12ClN3O. The first kappa shape index (κ1) is 9.68. The minimum atomic E-state index is -0.276. The Morgan fingerprint density at radius 3 is 2.93 bits per heavy atom. The topological polar surface area (TPSA) is 49.2 Å². The third kappa shape index (κ3) is 1.96. The van der Waals surface area contributed by atoms with Gasteiger partial charge in [0, 0.05) is 25.5 Å². The number of aliphatic hydroxyl groups excluding tert-OH is 1. The molecule has 2 rings (SSSR count). The lowest BCUT2D eigenvalue weighted by molar-refractivity contribution is 0.154. The van der Waals surface area contributed by atoms with Crippen LogP contribution in [0.4, 0.5) is 5.82 Å². The molecule has 0 radical (unpaired) electrons. The lowest BCUT2D eigenvalue weighted by Gasteiger charge is -2.30. The van der Waals surface area contributed by atoms with Crippen molar-refractivity contribution in [1.82, 2.24) is 9.97 Å². The fraction of sp³-hybridized carbons (Fsp3) is 0.556. The summed E-state index contributed by atoms with van der Waals surface area (Å²) in [4.78, 5) is 10.1. The van der Waals surface area contributed by atoms with Gasteiger partial charge in [-0.3, -0.25) is 0 Å². The predicted molar refractivity (Wildman–Crippen MR) is 54.5 cm³/mol. The molecular weight excluding hydrogens is 202 g/mol. The summed E-state index contributed by atoms with van der Waals surface area (Å²) in [5, 5.41) is 9.90. The standard InChI is InChI=1S/C9H12ClN3O/c10-8-9(12-4-3-11-8)13-5-1-2-7(14)6-13/h3-4,7,14H,1-2,5-6H2/t7-/m0/s1. The van der Waals surface area contributed by atoms with Gasteiger partial charge >= 0.3 is 0 Å². The summed E-state index contributed by atoms with van der Waals surface area (Å²) in [6.45, 7) is 1.48. The van der Waals surface area contributed by atoms with Crippen LogP contribution in [0.25, 0.3) is 0 Å². The molecule has 0 spiro atoms. The van der Waals surface area contributed by atoms with Crippen LogP contribution >= 0.6 is 11.6 Å². The number of hydrogen-bond donors (Lipinski definition) is 1. The number of aromatic nitrogens is 2. The predicted octanol–water partition coefficient (Wildman–Crippen LogP) is 1.09. The van der Waals surface area contributed by atoms with Gasteiger partial charge in [0.15, 0.2) is 11.0 Å². The average Bonchev–Trinajstić information content (AvgIpc) is 2.18. The van der Waals surface area contributed by atoms with Gasteiger partial charge in [-0.25, -0.2) is 9.97 Å². The molecule has 1 atom stereocenters. The van der Waals surface area contributed by atoms with Crippen LogP contribution in [0.3, 0.4) is 0 Å². The smallest absolute Gasteiger partial charge is 0.171 e. The zero-order valence-corrected chi connectivity index (χ0v) is 8.48. The van der Waals surface area contributed by atoms with E-state index in [1.807, 2.05) is 4.90 Å². The number of nitrogens with zero attached hydrogens (tertiary/aromatic N) is 3. The van der Waals surface area contributed by atoms with Crippen LogP contribution < -0.4 is 4.90 Å². The van der Waals surface area contributed by atoms with Crippen molar-refractivity contribution in [3.63, 3.8) is 0 Å². The Morgan fingerprint density at radius 1 is 1.43 bits per heavy atom. The van der Waals surface area contributed by atoms with E-state index in [1.54, 1.807) is 12.4 Å². The lowest BCUT2D eigenvalue weighted by Crippen LogP contribution is -2.38. The van der Waals surface area contributed by atoms with Gasteiger partial charge in [-0.15, -0.1) is 0 Å². The van der Waals surface area contributed by atoms with Crippen molar-refractivity contribution < 1.29 is 5.11 Å². The van der Waals surface area contributed by atoms with Gasteiger partial charge in [-0.05, 0) is 12.8 Å². The SMILES string of the molecule is O[C@H]1CCCN(c2nccnc2Cl)C1. The number of anilines is 1. The number of β-amino-alcohol motifs (C(OH)–C–C–N with tert-alkyl or cyclic N) is 1. The van der Waals surface area contributed by atoms with Gasteiger partial charge in [0.2, 0.25) is 0 Å². The minimum Gasteiger partial charge on any atom is -0.391 e. The van der Waals surface area contributed by atoms with Crippen LogP contribution in [0.5, 0.6) is 0 Å². The van der Waals surface area contributed by atoms with Crippen molar-refractivity contribution in [2.24, 2.45) is 0 Å². The molecule has 2 heterocycles. The van der Waals surface area contributed by atoms with E-state index in [0.29, 0.717) is 17.5 Å². The second kappa shape index (κ2) is 4.11. The number of hydrogen-bond acceptors (Lipinski definition) is 4. The van der Waals surface area contributed by atoms with Crippen molar-refractivity contribution in [2.75, 3.05) is 18.0 Å². The van der Waals surface area contributed by atoms with E-state index in [-0.39, 0.29) is 6.10 Å². The summed E-state index contributed by atoms with van der Waals surface area (Å²) in [6.07, 6.45) is 4.72. The molecule has 4 nitrogen and oxygen atoms in total. The van der Waals surface area contributed by atoms with E-state index in [0.717, 1.165) is 19.4 Å². The van der Waals surface area contributed by atoms with Crippen molar-refractivity contribution in [1.29, 1.82) is 0 Å². The first-order valence-electron chi connectivity index (χ1n) is 4.67. The molecule has 1 aromatic heterocycles. The quantitative estimate of drug-likeness (QED) is 0.759. The van der Waals surface area contributed by atoms with Crippen LogP contribution in [0.1, 0.15) is 12.8 Å². The fourth-order valence-electron chi connectivity index (χ4n) is 1.67. The van der Waals surface area contributed by atoms with E-state index in [2.05, 4.69) is 9.97 Å². The molecule has 1 saturated heterocycles. The number of piperidine rings is 1. The molecule has 1 fully saturated rings. The van der Waals surface area contributed by atoms with Gasteiger partial charge < -0.3 is 10.0 Å². The molecule has 1 aliphatic heterocycles. The molecule has 1 N–H and O–H groups in total. The van der Waals surface area contributed by atoms with E-state index in [4.69, 9.17) is 11.6 Å². The van der Waals surface area contributed by atoms with E-state index in [1.165, 1.54) is 0 Å². The highest BCUT2D eigenvalue weighted by atomic mass is 35.5. The highest BCUT2D eigenvalue weighted by Gasteiger charge is 2.20. The fourth-order valence-corrected chi connectivity index (χ4v) is 1.90. The minimum absolute atomic E-state index is 0.276. The third-order valence-corrected chi connectivity index (χ3v) is 2.60. The van der Waals surface area contributed by atoms with Crippen molar-refractivity contribution in [3.05, 3.63) is 17.5 Å². The molecule has 0 aliphatic carbocycles. The maximum Gasteiger partial charge on any atom is 0.171 e. The molecule has 76 valence electrons. The summed E-state index contributed by atoms with van der Waals surface area (Å²) in [7, 11) is 0. The first-order chi connectivity index (χ1) is 6.77. The Labute approximate surface area is 87.5 Å². The highest BCUT2D eigenvalue weighted by molar-refractivity contribution is 6.31. The van der Waals surface area contributed by atoms with Crippen LogP contribution in [0.2, 0.25) is 5.15 Å². The number of halogens is 1. The zero-order chi connectivity index (χ0) is 9.97. The lowest BCUT2D eigenvalue weighted by atomic mass is 10.1. The zero-order valence-electron chi connectivity index (χ0n) is 7.73. The second-order valence-electron chi connectivity index (χ2n) is 3.41. The summed E-state index contributed by atoms with van der Waals surface area (Å²) < 4.78 is 0. The van der Waals surface area contributed by atoms with Gasteiger partial charge in [0.05, 0.1) is 6.10 Å². The molecule has 0 aromatic carbocycles. The highest BCUT2D eigenvalue weighted by Crippen LogP contribution is 2.23. The Bertz CT molecular complexity index is 321. The normalized spacial score (nSPS) is 22.4. The second-order valence-corrected chi connectivity index (χ2v) is 3.77. The maximum absolute atomic E-state index is 9.50. The Kier molecular flexibility index (Phi) is 2.84. The average molecular weight is 214 g/mol.